The maximum absolute atomic E-state index is 12.6. The van der Waals surface area contributed by atoms with Gasteiger partial charge in [-0.25, -0.2) is 0 Å². The van der Waals surface area contributed by atoms with Gasteiger partial charge < -0.3 is 10.6 Å². The van der Waals surface area contributed by atoms with E-state index in [0.717, 1.165) is 43.7 Å². The monoisotopic (exact) mass is 283 g/mol. The van der Waals surface area contributed by atoms with Gasteiger partial charge in [-0.05, 0) is 22.9 Å². The molecule has 0 radical (unpaired) electrons. The normalized spacial score (nSPS) is 16.3. The Bertz CT molecular complexity index is 633. The van der Waals surface area contributed by atoms with Gasteiger partial charge in [-0.2, -0.15) is 0 Å². The number of nitrogens with zero attached hydrogens (tertiary/aromatic N) is 2. The number of rotatable bonds is 3. The lowest BCUT2D eigenvalue weighted by molar-refractivity contribution is 0.0641. The predicted octanol–water partition coefficient (Wildman–Crippen LogP) is 1.56. The van der Waals surface area contributed by atoms with Crippen molar-refractivity contribution in [2.75, 3.05) is 39.3 Å². The summed E-state index contributed by atoms with van der Waals surface area (Å²) in [6.07, 6.45) is 0. The lowest BCUT2D eigenvalue weighted by Gasteiger charge is -2.34. The van der Waals surface area contributed by atoms with Crippen LogP contribution in [0.1, 0.15) is 10.4 Å². The highest BCUT2D eigenvalue weighted by atomic mass is 16.2. The molecule has 1 aliphatic rings. The summed E-state index contributed by atoms with van der Waals surface area (Å²) in [5.74, 6) is 0.133. The number of fused-ring (bicyclic) bond motifs is 1. The first-order chi connectivity index (χ1) is 10.3. The summed E-state index contributed by atoms with van der Waals surface area (Å²) in [5.41, 5.74) is 6.35. The summed E-state index contributed by atoms with van der Waals surface area (Å²) in [5, 5.41) is 2.28. The van der Waals surface area contributed by atoms with Crippen molar-refractivity contribution in [2.45, 2.75) is 0 Å². The molecule has 0 atom stereocenters. The molecule has 0 saturated carbocycles. The number of amides is 1. The number of carbonyl (C=O) groups is 1. The van der Waals surface area contributed by atoms with Gasteiger partial charge >= 0.3 is 0 Å². The lowest BCUT2D eigenvalue weighted by atomic mass is 10.1. The molecule has 110 valence electrons. The zero-order chi connectivity index (χ0) is 14.7. The Hall–Kier alpha value is -1.91. The average molecular weight is 283 g/mol. The van der Waals surface area contributed by atoms with E-state index in [2.05, 4.69) is 11.0 Å². The fourth-order valence-corrected chi connectivity index (χ4v) is 2.86. The predicted molar refractivity (Wildman–Crippen MR) is 85.3 cm³/mol. The fraction of sp³-hybridized carbons (Fsp3) is 0.353. The summed E-state index contributed by atoms with van der Waals surface area (Å²) < 4.78 is 0. The minimum atomic E-state index is 0.133. The second-order valence-corrected chi connectivity index (χ2v) is 5.48. The molecule has 1 heterocycles. The zero-order valence-corrected chi connectivity index (χ0v) is 12.2. The first-order valence-corrected chi connectivity index (χ1v) is 7.48. The molecule has 1 fully saturated rings. The van der Waals surface area contributed by atoms with Crippen molar-refractivity contribution in [1.29, 1.82) is 0 Å². The van der Waals surface area contributed by atoms with E-state index in [4.69, 9.17) is 5.73 Å². The maximum atomic E-state index is 12.6. The van der Waals surface area contributed by atoms with Gasteiger partial charge in [0.2, 0.25) is 0 Å². The second kappa shape index (κ2) is 6.24. The van der Waals surface area contributed by atoms with Crippen molar-refractivity contribution in [2.24, 2.45) is 5.73 Å². The van der Waals surface area contributed by atoms with Crippen molar-refractivity contribution >= 4 is 16.7 Å². The molecule has 1 aliphatic heterocycles. The number of piperazine rings is 1. The van der Waals surface area contributed by atoms with Gasteiger partial charge in [0.15, 0.2) is 0 Å². The van der Waals surface area contributed by atoms with Crippen LogP contribution in [0.2, 0.25) is 0 Å². The largest absolute Gasteiger partial charge is 0.336 e. The van der Waals surface area contributed by atoms with E-state index < -0.39 is 0 Å². The molecule has 0 spiro atoms. The van der Waals surface area contributed by atoms with Gasteiger partial charge in [0.25, 0.3) is 5.91 Å². The molecular formula is C17H21N3O. The van der Waals surface area contributed by atoms with Gasteiger partial charge in [0.05, 0.1) is 0 Å². The maximum Gasteiger partial charge on any atom is 0.253 e. The zero-order valence-electron chi connectivity index (χ0n) is 12.2. The Balaban J connectivity index is 1.72. The highest BCUT2D eigenvalue weighted by molar-refractivity contribution is 5.98. The molecule has 0 aromatic heterocycles. The first kappa shape index (κ1) is 14.0. The van der Waals surface area contributed by atoms with Crippen molar-refractivity contribution in [3.63, 3.8) is 0 Å². The molecule has 4 heteroatoms. The molecule has 1 amide bonds. The third kappa shape index (κ3) is 3.06. The van der Waals surface area contributed by atoms with Crippen LogP contribution in [-0.4, -0.2) is 55.0 Å². The second-order valence-electron chi connectivity index (χ2n) is 5.48. The molecule has 1 saturated heterocycles. The van der Waals surface area contributed by atoms with E-state index in [1.54, 1.807) is 0 Å². The van der Waals surface area contributed by atoms with Gasteiger partial charge in [-0.3, -0.25) is 9.69 Å². The molecule has 0 unspecified atom stereocenters. The van der Waals surface area contributed by atoms with Crippen molar-refractivity contribution < 1.29 is 4.79 Å². The van der Waals surface area contributed by atoms with Crippen LogP contribution in [0.4, 0.5) is 0 Å². The van der Waals surface area contributed by atoms with Crippen molar-refractivity contribution in [3.8, 4) is 0 Å². The van der Waals surface area contributed by atoms with Gasteiger partial charge in [0.1, 0.15) is 0 Å². The SMILES string of the molecule is NCCN1CCN(C(=O)c2ccc3ccccc3c2)CC1. The summed E-state index contributed by atoms with van der Waals surface area (Å²) in [4.78, 5) is 16.8. The highest BCUT2D eigenvalue weighted by Gasteiger charge is 2.21. The smallest absolute Gasteiger partial charge is 0.253 e. The van der Waals surface area contributed by atoms with E-state index in [9.17, 15) is 4.79 Å². The first-order valence-electron chi connectivity index (χ1n) is 7.48. The Kier molecular flexibility index (Phi) is 4.18. The van der Waals surface area contributed by atoms with Crippen LogP contribution in [-0.2, 0) is 0 Å². The standard InChI is InChI=1S/C17H21N3O/c18-7-8-19-9-11-20(12-10-19)17(21)16-6-5-14-3-1-2-4-15(14)13-16/h1-6,13H,7-12,18H2. The van der Waals surface area contributed by atoms with Gasteiger partial charge in [0, 0.05) is 44.8 Å². The van der Waals surface area contributed by atoms with Crippen molar-refractivity contribution in [3.05, 3.63) is 48.0 Å². The third-order valence-electron chi connectivity index (χ3n) is 4.10. The summed E-state index contributed by atoms with van der Waals surface area (Å²) in [6, 6.07) is 14.1. The summed E-state index contributed by atoms with van der Waals surface area (Å²) in [7, 11) is 0. The fourth-order valence-electron chi connectivity index (χ4n) is 2.86. The van der Waals surface area contributed by atoms with E-state index in [1.165, 1.54) is 5.39 Å². The topological polar surface area (TPSA) is 49.6 Å². The molecular weight excluding hydrogens is 262 g/mol. The highest BCUT2D eigenvalue weighted by Crippen LogP contribution is 2.17. The molecule has 0 aliphatic carbocycles. The third-order valence-corrected chi connectivity index (χ3v) is 4.10. The molecule has 0 bridgehead atoms. The number of hydrogen-bond acceptors (Lipinski definition) is 3. The van der Waals surface area contributed by atoms with Gasteiger partial charge in [-0.1, -0.05) is 30.3 Å². The van der Waals surface area contributed by atoms with Gasteiger partial charge in [-0.15, -0.1) is 0 Å². The van der Waals surface area contributed by atoms with Crippen LogP contribution in [0.3, 0.4) is 0 Å². The molecule has 2 aromatic carbocycles. The Labute approximate surface area is 125 Å². The number of hydrogen-bond donors (Lipinski definition) is 1. The van der Waals surface area contributed by atoms with E-state index in [0.29, 0.717) is 6.54 Å². The minimum absolute atomic E-state index is 0.133. The van der Waals surface area contributed by atoms with Crippen LogP contribution in [0, 0.1) is 0 Å². The van der Waals surface area contributed by atoms with Crippen LogP contribution >= 0.6 is 0 Å². The van der Waals surface area contributed by atoms with Crippen LogP contribution in [0.5, 0.6) is 0 Å². The Morgan fingerprint density at radius 1 is 1.00 bits per heavy atom. The summed E-state index contributed by atoms with van der Waals surface area (Å²) in [6.45, 7) is 4.99. The minimum Gasteiger partial charge on any atom is -0.336 e. The lowest BCUT2D eigenvalue weighted by Crippen LogP contribution is -2.49. The van der Waals surface area contributed by atoms with Crippen LogP contribution in [0.15, 0.2) is 42.5 Å². The van der Waals surface area contributed by atoms with E-state index in [1.807, 2.05) is 41.3 Å². The van der Waals surface area contributed by atoms with E-state index in [-0.39, 0.29) is 5.91 Å². The number of benzene rings is 2. The van der Waals surface area contributed by atoms with Crippen molar-refractivity contribution in [1.82, 2.24) is 9.80 Å². The average Bonchev–Trinajstić information content (AvgIpc) is 2.55. The molecule has 2 aromatic rings. The molecule has 3 rings (SSSR count). The molecule has 21 heavy (non-hydrogen) atoms. The number of nitrogens with two attached hydrogens (primary N) is 1. The van der Waals surface area contributed by atoms with Crippen LogP contribution in [0.25, 0.3) is 10.8 Å². The quantitative estimate of drug-likeness (QED) is 0.930. The summed E-state index contributed by atoms with van der Waals surface area (Å²) >= 11 is 0. The molecule has 2 N–H and O–H groups in total. The van der Waals surface area contributed by atoms with Crippen LogP contribution < -0.4 is 5.73 Å². The number of carbonyl (C=O) groups excluding carboxylic acids is 1. The Morgan fingerprint density at radius 2 is 1.71 bits per heavy atom. The molecule has 4 nitrogen and oxygen atoms in total. The van der Waals surface area contributed by atoms with E-state index >= 15 is 0 Å². The Morgan fingerprint density at radius 3 is 2.43 bits per heavy atom.